The van der Waals surface area contributed by atoms with E-state index in [0.29, 0.717) is 4.67 Å². The van der Waals surface area contributed by atoms with Gasteiger partial charge in [-0.2, -0.15) is 0 Å². The zero-order valence-electron chi connectivity index (χ0n) is 8.04. The second-order valence-corrected chi connectivity index (χ2v) is 5.10. The molecule has 1 aromatic heterocycles. The lowest BCUT2D eigenvalue weighted by molar-refractivity contribution is 0.0995. The highest BCUT2D eigenvalue weighted by molar-refractivity contribution is 14.1. The third-order valence-electron chi connectivity index (χ3n) is 1.88. The molecule has 3 nitrogen and oxygen atoms in total. The highest BCUT2D eigenvalue weighted by Gasteiger charge is 2.10. The summed E-state index contributed by atoms with van der Waals surface area (Å²) in [5.74, 6) is 0.0263. The van der Waals surface area contributed by atoms with E-state index in [1.165, 1.54) is 0 Å². The molecule has 0 unspecified atom stereocenters. The molecule has 0 aliphatic carbocycles. The van der Waals surface area contributed by atoms with E-state index < -0.39 is 0 Å². The second-order valence-electron chi connectivity index (χ2n) is 3.07. The zero-order chi connectivity index (χ0) is 11.5. The number of nitrogens with one attached hydrogen (secondary N) is 1. The lowest BCUT2D eigenvalue weighted by atomic mass is 10.3. The molecule has 0 fully saturated rings. The molecule has 0 atom stereocenters. The lowest BCUT2D eigenvalue weighted by Gasteiger charge is -2.02. The van der Waals surface area contributed by atoms with Crippen LogP contribution in [0.3, 0.4) is 0 Å². The molecule has 1 N–H and O–H groups in total. The number of hydrogen-bond donors (Lipinski definition) is 1. The maximum Gasteiger partial charge on any atom is 0.291 e. The summed E-state index contributed by atoms with van der Waals surface area (Å²) in [6.45, 7) is 0. The Bertz CT molecular complexity index is 524. The van der Waals surface area contributed by atoms with Crippen LogP contribution in [0, 0.1) is 3.57 Å². The molecule has 2 rings (SSSR count). The average molecular weight is 392 g/mol. The van der Waals surface area contributed by atoms with E-state index in [1.54, 1.807) is 12.1 Å². The quantitative estimate of drug-likeness (QED) is 0.789. The van der Waals surface area contributed by atoms with E-state index in [1.807, 2.05) is 24.3 Å². The first kappa shape index (κ1) is 11.7. The van der Waals surface area contributed by atoms with Gasteiger partial charge < -0.3 is 9.73 Å². The van der Waals surface area contributed by atoms with Crippen LogP contribution in [0.25, 0.3) is 0 Å². The van der Waals surface area contributed by atoms with Crippen LogP contribution in [-0.4, -0.2) is 5.91 Å². The van der Waals surface area contributed by atoms with Gasteiger partial charge in [-0.15, -0.1) is 0 Å². The largest absolute Gasteiger partial charge is 0.444 e. The van der Waals surface area contributed by atoms with Crippen molar-refractivity contribution in [2.24, 2.45) is 0 Å². The first-order chi connectivity index (χ1) is 7.65. The van der Waals surface area contributed by atoms with Crippen LogP contribution in [0.15, 0.2) is 45.5 Å². The Kier molecular flexibility index (Phi) is 3.65. The van der Waals surface area contributed by atoms with Crippen molar-refractivity contribution >= 4 is 50.1 Å². The molecule has 1 heterocycles. The van der Waals surface area contributed by atoms with Crippen molar-refractivity contribution < 1.29 is 9.21 Å². The van der Waals surface area contributed by atoms with Crippen LogP contribution >= 0.6 is 38.5 Å². The first-order valence-electron chi connectivity index (χ1n) is 4.47. The number of benzene rings is 1. The summed E-state index contributed by atoms with van der Waals surface area (Å²) >= 11 is 5.34. The summed E-state index contributed by atoms with van der Waals surface area (Å²) in [6, 6.07) is 10.9. The van der Waals surface area contributed by atoms with Gasteiger partial charge in [0.2, 0.25) is 0 Å². The number of halogens is 2. The third-order valence-corrected chi connectivity index (χ3v) is 2.98. The normalized spacial score (nSPS) is 10.1. The molecule has 82 valence electrons. The number of hydrogen-bond acceptors (Lipinski definition) is 2. The Morgan fingerprint density at radius 3 is 2.75 bits per heavy atom. The smallest absolute Gasteiger partial charge is 0.291 e. The molecule has 0 saturated carbocycles. The van der Waals surface area contributed by atoms with Crippen molar-refractivity contribution in [2.45, 2.75) is 0 Å². The number of carbonyl (C=O) groups is 1. The fraction of sp³-hybridized carbons (Fsp3) is 0. The van der Waals surface area contributed by atoms with Crippen LogP contribution < -0.4 is 5.32 Å². The molecule has 1 amide bonds. The SMILES string of the molecule is O=C(Nc1cccc(I)c1)c1ccc(Br)o1. The minimum Gasteiger partial charge on any atom is -0.444 e. The molecule has 0 aliphatic rings. The predicted octanol–water partition coefficient (Wildman–Crippen LogP) is 3.90. The zero-order valence-corrected chi connectivity index (χ0v) is 11.8. The second kappa shape index (κ2) is 5.01. The summed E-state index contributed by atoms with van der Waals surface area (Å²) in [4.78, 5) is 11.7. The Morgan fingerprint density at radius 2 is 2.12 bits per heavy atom. The molecule has 5 heteroatoms. The molecule has 1 aromatic carbocycles. The van der Waals surface area contributed by atoms with Gasteiger partial charge in [0.1, 0.15) is 0 Å². The topological polar surface area (TPSA) is 42.2 Å². The van der Waals surface area contributed by atoms with E-state index in [0.717, 1.165) is 9.26 Å². The van der Waals surface area contributed by atoms with Crippen LogP contribution in [0.1, 0.15) is 10.6 Å². The first-order valence-corrected chi connectivity index (χ1v) is 6.34. The predicted molar refractivity (Wildman–Crippen MR) is 73.5 cm³/mol. The van der Waals surface area contributed by atoms with Gasteiger partial charge in [-0.1, -0.05) is 6.07 Å². The molecule has 2 aromatic rings. The Hall–Kier alpha value is -0.820. The molecular formula is C11H7BrINO2. The number of carbonyl (C=O) groups excluding carboxylic acids is 1. The van der Waals surface area contributed by atoms with E-state index >= 15 is 0 Å². The van der Waals surface area contributed by atoms with E-state index in [-0.39, 0.29) is 11.7 Å². The Balaban J connectivity index is 2.13. The number of rotatable bonds is 2. The number of furan rings is 1. The highest BCUT2D eigenvalue weighted by atomic mass is 127. The fourth-order valence-corrected chi connectivity index (χ4v) is 2.04. The molecule has 0 bridgehead atoms. The summed E-state index contributed by atoms with van der Waals surface area (Å²) in [6.07, 6.45) is 0. The lowest BCUT2D eigenvalue weighted by Crippen LogP contribution is -2.10. The molecule has 0 saturated heterocycles. The number of anilines is 1. The maximum atomic E-state index is 11.7. The summed E-state index contributed by atoms with van der Waals surface area (Å²) in [5.41, 5.74) is 0.754. The molecule has 0 aliphatic heterocycles. The van der Waals surface area contributed by atoms with Crippen LogP contribution in [0.4, 0.5) is 5.69 Å². The van der Waals surface area contributed by atoms with Gasteiger partial charge >= 0.3 is 0 Å². The van der Waals surface area contributed by atoms with Crippen LogP contribution in [-0.2, 0) is 0 Å². The standard InChI is InChI=1S/C11H7BrINO2/c12-10-5-4-9(16-10)11(15)14-8-3-1-2-7(13)6-8/h1-6H,(H,14,15). The van der Waals surface area contributed by atoms with Crippen molar-refractivity contribution in [3.8, 4) is 0 Å². The van der Waals surface area contributed by atoms with Crippen LogP contribution in [0.2, 0.25) is 0 Å². The minimum atomic E-state index is -0.257. The molecule has 0 radical (unpaired) electrons. The van der Waals surface area contributed by atoms with E-state index in [2.05, 4.69) is 43.8 Å². The Labute approximate surface area is 114 Å². The van der Waals surface area contributed by atoms with Gasteiger partial charge in [0, 0.05) is 9.26 Å². The Morgan fingerprint density at radius 1 is 1.31 bits per heavy atom. The van der Waals surface area contributed by atoms with Crippen molar-refractivity contribution in [2.75, 3.05) is 5.32 Å². The van der Waals surface area contributed by atoms with Crippen molar-refractivity contribution in [1.82, 2.24) is 0 Å². The third kappa shape index (κ3) is 2.85. The van der Waals surface area contributed by atoms with Gasteiger partial charge in [-0.05, 0) is 68.9 Å². The average Bonchev–Trinajstić information content (AvgIpc) is 2.65. The van der Waals surface area contributed by atoms with Gasteiger partial charge in [-0.25, -0.2) is 0 Å². The van der Waals surface area contributed by atoms with E-state index in [9.17, 15) is 4.79 Å². The van der Waals surface area contributed by atoms with Gasteiger partial charge in [0.15, 0.2) is 10.4 Å². The van der Waals surface area contributed by atoms with E-state index in [4.69, 9.17) is 4.42 Å². The summed E-state index contributed by atoms with van der Waals surface area (Å²) in [5, 5.41) is 2.75. The molecule has 16 heavy (non-hydrogen) atoms. The van der Waals surface area contributed by atoms with Gasteiger partial charge in [0.05, 0.1) is 0 Å². The van der Waals surface area contributed by atoms with Crippen molar-refractivity contribution in [1.29, 1.82) is 0 Å². The maximum absolute atomic E-state index is 11.7. The molecular weight excluding hydrogens is 385 g/mol. The monoisotopic (exact) mass is 391 g/mol. The van der Waals surface area contributed by atoms with Crippen molar-refractivity contribution in [3.63, 3.8) is 0 Å². The van der Waals surface area contributed by atoms with Crippen LogP contribution in [0.5, 0.6) is 0 Å². The minimum absolute atomic E-state index is 0.257. The highest BCUT2D eigenvalue weighted by Crippen LogP contribution is 2.17. The fourth-order valence-electron chi connectivity index (χ4n) is 1.20. The molecule has 0 spiro atoms. The summed E-state index contributed by atoms with van der Waals surface area (Å²) in [7, 11) is 0. The summed E-state index contributed by atoms with van der Waals surface area (Å²) < 4.78 is 6.76. The number of amides is 1. The van der Waals surface area contributed by atoms with Gasteiger partial charge in [0.25, 0.3) is 5.91 Å². The van der Waals surface area contributed by atoms with Gasteiger partial charge in [-0.3, -0.25) is 4.79 Å². The van der Waals surface area contributed by atoms with Crippen molar-refractivity contribution in [3.05, 3.63) is 50.4 Å².